The molecule has 0 spiro atoms. The fourth-order valence-corrected chi connectivity index (χ4v) is 3.06. The summed E-state index contributed by atoms with van der Waals surface area (Å²) in [5.74, 6) is 0. The van der Waals surface area contributed by atoms with Gasteiger partial charge in [0.1, 0.15) is 0 Å². The summed E-state index contributed by atoms with van der Waals surface area (Å²) < 4.78 is 0. The molecule has 0 unspecified atom stereocenters. The predicted octanol–water partition coefficient (Wildman–Crippen LogP) is 3.83. The Morgan fingerprint density at radius 1 is 1.37 bits per heavy atom. The highest BCUT2D eigenvalue weighted by Gasteiger charge is 2.30. The van der Waals surface area contributed by atoms with E-state index in [0.717, 1.165) is 30.7 Å². The highest BCUT2D eigenvalue weighted by Crippen LogP contribution is 2.35. The van der Waals surface area contributed by atoms with Crippen LogP contribution >= 0.6 is 11.6 Å². The standard InChI is InChI=1S/C16H23ClN2/c1-16(2)7-8-19(11-16)15-6-3-13(17)9-12(15)10-18-14-4-5-14/h3,6,9,14,18H,4-5,7-8,10-11H2,1-2H3. The van der Waals surface area contributed by atoms with Crippen molar-refractivity contribution < 1.29 is 0 Å². The number of nitrogens with zero attached hydrogens (tertiary/aromatic N) is 1. The third kappa shape index (κ3) is 3.24. The molecule has 1 N–H and O–H groups in total. The van der Waals surface area contributed by atoms with Crippen LogP contribution in [-0.2, 0) is 6.54 Å². The van der Waals surface area contributed by atoms with E-state index in [-0.39, 0.29) is 0 Å². The van der Waals surface area contributed by atoms with Gasteiger partial charge in [0.25, 0.3) is 0 Å². The molecule has 1 aliphatic carbocycles. The zero-order chi connectivity index (χ0) is 13.5. The van der Waals surface area contributed by atoms with Crippen molar-refractivity contribution in [3.63, 3.8) is 0 Å². The van der Waals surface area contributed by atoms with Crippen LogP contribution in [0.3, 0.4) is 0 Å². The molecule has 0 bridgehead atoms. The van der Waals surface area contributed by atoms with Crippen LogP contribution in [0, 0.1) is 5.41 Å². The lowest BCUT2D eigenvalue weighted by molar-refractivity contribution is 0.418. The maximum absolute atomic E-state index is 6.16. The number of benzene rings is 1. The monoisotopic (exact) mass is 278 g/mol. The van der Waals surface area contributed by atoms with Gasteiger partial charge in [-0.15, -0.1) is 0 Å². The van der Waals surface area contributed by atoms with Crippen molar-refractivity contribution in [2.24, 2.45) is 5.41 Å². The molecule has 0 amide bonds. The third-order valence-corrected chi connectivity index (χ3v) is 4.45. The highest BCUT2D eigenvalue weighted by molar-refractivity contribution is 6.30. The van der Waals surface area contributed by atoms with Crippen molar-refractivity contribution in [3.05, 3.63) is 28.8 Å². The van der Waals surface area contributed by atoms with Crippen molar-refractivity contribution in [2.45, 2.75) is 45.7 Å². The van der Waals surface area contributed by atoms with Crippen molar-refractivity contribution in [3.8, 4) is 0 Å². The molecule has 2 fully saturated rings. The van der Waals surface area contributed by atoms with Gasteiger partial charge in [0, 0.05) is 36.4 Å². The van der Waals surface area contributed by atoms with Gasteiger partial charge in [-0.1, -0.05) is 25.4 Å². The first-order chi connectivity index (χ1) is 9.03. The zero-order valence-corrected chi connectivity index (χ0v) is 12.6. The van der Waals surface area contributed by atoms with E-state index in [4.69, 9.17) is 11.6 Å². The van der Waals surface area contributed by atoms with E-state index >= 15 is 0 Å². The topological polar surface area (TPSA) is 15.3 Å². The van der Waals surface area contributed by atoms with Crippen molar-refractivity contribution in [1.29, 1.82) is 0 Å². The van der Waals surface area contributed by atoms with Crippen LogP contribution in [0.4, 0.5) is 5.69 Å². The fourth-order valence-electron chi connectivity index (χ4n) is 2.86. The molecule has 1 saturated carbocycles. The molecule has 1 aromatic rings. The Kier molecular flexibility index (Phi) is 3.48. The third-order valence-electron chi connectivity index (χ3n) is 4.22. The second kappa shape index (κ2) is 4.99. The Hall–Kier alpha value is -0.730. The molecule has 3 heteroatoms. The quantitative estimate of drug-likeness (QED) is 0.900. The minimum absolute atomic E-state index is 0.431. The predicted molar refractivity (Wildman–Crippen MR) is 81.9 cm³/mol. The van der Waals surface area contributed by atoms with E-state index in [1.54, 1.807) is 0 Å². The van der Waals surface area contributed by atoms with Gasteiger partial charge in [-0.25, -0.2) is 0 Å². The number of anilines is 1. The second-order valence-electron chi connectivity index (χ2n) is 6.76. The first-order valence-electron chi connectivity index (χ1n) is 7.30. The summed E-state index contributed by atoms with van der Waals surface area (Å²) in [4.78, 5) is 2.51. The normalized spacial score (nSPS) is 21.9. The van der Waals surface area contributed by atoms with Crippen LogP contribution in [0.2, 0.25) is 5.02 Å². The molecule has 1 aliphatic heterocycles. The van der Waals surface area contributed by atoms with E-state index in [1.807, 2.05) is 6.07 Å². The summed E-state index contributed by atoms with van der Waals surface area (Å²) >= 11 is 6.16. The lowest BCUT2D eigenvalue weighted by Crippen LogP contribution is -2.25. The van der Waals surface area contributed by atoms with Crippen LogP contribution in [0.1, 0.15) is 38.7 Å². The van der Waals surface area contributed by atoms with Gasteiger partial charge in [0.15, 0.2) is 0 Å². The summed E-state index contributed by atoms with van der Waals surface area (Å²) in [5, 5.41) is 4.44. The lowest BCUT2D eigenvalue weighted by Gasteiger charge is -2.24. The van der Waals surface area contributed by atoms with E-state index in [1.165, 1.54) is 30.5 Å². The summed E-state index contributed by atoms with van der Waals surface area (Å²) in [6.07, 6.45) is 3.92. The second-order valence-corrected chi connectivity index (χ2v) is 7.20. The van der Waals surface area contributed by atoms with Gasteiger partial charge >= 0.3 is 0 Å². The van der Waals surface area contributed by atoms with Crippen molar-refractivity contribution >= 4 is 17.3 Å². The summed E-state index contributed by atoms with van der Waals surface area (Å²) in [6, 6.07) is 7.07. The Balaban J connectivity index is 1.78. The number of rotatable bonds is 4. The van der Waals surface area contributed by atoms with Crippen LogP contribution in [0.25, 0.3) is 0 Å². The van der Waals surface area contributed by atoms with Crippen molar-refractivity contribution in [2.75, 3.05) is 18.0 Å². The molecule has 3 rings (SSSR count). The maximum atomic E-state index is 6.16. The smallest absolute Gasteiger partial charge is 0.0413 e. The number of hydrogen-bond acceptors (Lipinski definition) is 2. The van der Waals surface area contributed by atoms with Crippen molar-refractivity contribution in [1.82, 2.24) is 5.32 Å². The van der Waals surface area contributed by atoms with Crippen LogP contribution in [-0.4, -0.2) is 19.1 Å². The van der Waals surface area contributed by atoms with E-state index in [9.17, 15) is 0 Å². The Morgan fingerprint density at radius 2 is 2.16 bits per heavy atom. The van der Waals surface area contributed by atoms with E-state index < -0.39 is 0 Å². The Bertz CT molecular complexity index is 466. The van der Waals surface area contributed by atoms with Gasteiger partial charge in [-0.2, -0.15) is 0 Å². The fraction of sp³-hybridized carbons (Fsp3) is 0.625. The van der Waals surface area contributed by atoms with Gasteiger partial charge in [-0.05, 0) is 48.4 Å². The molecular formula is C16H23ClN2. The number of hydrogen-bond donors (Lipinski definition) is 1. The summed E-state index contributed by atoms with van der Waals surface area (Å²) in [7, 11) is 0. The number of halogens is 1. The molecule has 19 heavy (non-hydrogen) atoms. The van der Waals surface area contributed by atoms with Gasteiger partial charge in [0.2, 0.25) is 0 Å². The number of nitrogens with one attached hydrogen (secondary N) is 1. The minimum Gasteiger partial charge on any atom is -0.371 e. The molecular weight excluding hydrogens is 256 g/mol. The zero-order valence-electron chi connectivity index (χ0n) is 11.9. The first kappa shape index (κ1) is 13.3. The SMILES string of the molecule is CC1(C)CCN(c2ccc(Cl)cc2CNC2CC2)C1. The van der Waals surface area contributed by atoms with E-state index in [0.29, 0.717) is 5.41 Å². The molecule has 0 atom stereocenters. The summed E-state index contributed by atoms with van der Waals surface area (Å²) in [5.41, 5.74) is 3.14. The molecule has 2 nitrogen and oxygen atoms in total. The Labute approximate surface area is 121 Å². The summed E-state index contributed by atoms with van der Waals surface area (Å²) in [6.45, 7) is 7.95. The lowest BCUT2D eigenvalue weighted by atomic mass is 9.93. The van der Waals surface area contributed by atoms with Gasteiger partial charge < -0.3 is 10.2 Å². The van der Waals surface area contributed by atoms with Gasteiger partial charge in [0.05, 0.1) is 0 Å². The Morgan fingerprint density at radius 3 is 2.79 bits per heavy atom. The van der Waals surface area contributed by atoms with Crippen LogP contribution in [0.5, 0.6) is 0 Å². The molecule has 1 saturated heterocycles. The maximum Gasteiger partial charge on any atom is 0.0413 e. The molecule has 1 aromatic carbocycles. The highest BCUT2D eigenvalue weighted by atomic mass is 35.5. The molecule has 0 radical (unpaired) electrons. The van der Waals surface area contributed by atoms with Crippen LogP contribution in [0.15, 0.2) is 18.2 Å². The first-order valence-corrected chi connectivity index (χ1v) is 7.68. The average Bonchev–Trinajstić information content (AvgIpc) is 3.10. The molecule has 0 aromatic heterocycles. The average molecular weight is 279 g/mol. The molecule has 1 heterocycles. The molecule has 104 valence electrons. The molecule has 2 aliphatic rings. The largest absolute Gasteiger partial charge is 0.371 e. The van der Waals surface area contributed by atoms with Gasteiger partial charge in [-0.3, -0.25) is 0 Å². The van der Waals surface area contributed by atoms with E-state index in [2.05, 4.69) is 36.2 Å². The minimum atomic E-state index is 0.431. The van der Waals surface area contributed by atoms with Crippen LogP contribution < -0.4 is 10.2 Å².